The Labute approximate surface area is 265 Å². The van der Waals surface area contributed by atoms with Gasteiger partial charge in [-0.1, -0.05) is 115 Å². The number of para-hydroxylation sites is 1. The van der Waals surface area contributed by atoms with Crippen LogP contribution in [-0.2, 0) is 0 Å². The van der Waals surface area contributed by atoms with Gasteiger partial charge in [-0.15, -0.1) is 0 Å². The smallest absolute Gasteiger partial charge is 0.164 e. The third-order valence-electron chi connectivity index (χ3n) is 8.59. The van der Waals surface area contributed by atoms with Crippen molar-refractivity contribution in [2.75, 3.05) is 0 Å². The van der Waals surface area contributed by atoms with E-state index in [1.165, 1.54) is 38.6 Å². The number of nitrogens with zero attached hydrogens (tertiary/aromatic N) is 5. The van der Waals surface area contributed by atoms with E-state index in [0.717, 1.165) is 22.4 Å². The summed E-state index contributed by atoms with van der Waals surface area (Å²) < 4.78 is 4.71. The van der Waals surface area contributed by atoms with Gasteiger partial charge in [0.05, 0.1) is 22.2 Å². The van der Waals surface area contributed by atoms with Crippen LogP contribution in [0, 0.1) is 0 Å². The molecule has 0 bridgehead atoms. The van der Waals surface area contributed by atoms with Gasteiger partial charge in [0.1, 0.15) is 0 Å². The lowest BCUT2D eigenvalue weighted by atomic mass is 10.1. The maximum absolute atomic E-state index is 4.94. The van der Waals surface area contributed by atoms with E-state index in [9.17, 15) is 0 Å². The summed E-state index contributed by atoms with van der Waals surface area (Å²) in [6.45, 7) is 0. The zero-order chi connectivity index (χ0) is 30.5. The molecule has 4 heterocycles. The van der Waals surface area contributed by atoms with Gasteiger partial charge in [0.2, 0.25) is 0 Å². The lowest BCUT2D eigenvalue weighted by Gasteiger charge is -2.12. The van der Waals surface area contributed by atoms with Crippen LogP contribution in [0.3, 0.4) is 0 Å². The first-order valence-electron chi connectivity index (χ1n) is 15.4. The highest BCUT2D eigenvalue weighted by Crippen LogP contribution is 2.42. The molecule has 9 rings (SSSR count). The van der Waals surface area contributed by atoms with Crippen molar-refractivity contribution in [3.63, 3.8) is 0 Å². The lowest BCUT2D eigenvalue weighted by Crippen LogP contribution is -2.00. The molecule has 0 fully saturated rings. The van der Waals surface area contributed by atoms with E-state index in [-0.39, 0.29) is 0 Å². The minimum atomic E-state index is 0.640. The number of benzene rings is 5. The van der Waals surface area contributed by atoms with Crippen LogP contribution >= 0.6 is 0 Å². The molecule has 216 valence electrons. The van der Waals surface area contributed by atoms with Gasteiger partial charge < -0.3 is 8.97 Å². The molecule has 46 heavy (non-hydrogen) atoms. The lowest BCUT2D eigenvalue weighted by molar-refractivity contribution is 1.07. The van der Waals surface area contributed by atoms with Gasteiger partial charge in [0.15, 0.2) is 17.5 Å². The van der Waals surface area contributed by atoms with Crippen LogP contribution in [0.2, 0.25) is 0 Å². The normalized spacial score (nSPS) is 11.5. The SMILES string of the molecule is c1ccc(-c2nc(-c3ccccc3)nc(-c3ccc(-n4c5ccccc5c5c4c(-c4ccccc4)n4ccccc54)cc3)n2)cc1. The fourth-order valence-electron chi connectivity index (χ4n) is 6.52. The molecule has 4 aromatic heterocycles. The summed E-state index contributed by atoms with van der Waals surface area (Å²) >= 11 is 0. The molecule has 0 aliphatic carbocycles. The number of hydrogen-bond acceptors (Lipinski definition) is 3. The van der Waals surface area contributed by atoms with Crippen molar-refractivity contribution in [1.29, 1.82) is 0 Å². The molecule has 0 unspecified atom stereocenters. The van der Waals surface area contributed by atoms with E-state index in [0.29, 0.717) is 17.5 Å². The van der Waals surface area contributed by atoms with Gasteiger partial charge in [-0.05, 0) is 42.5 Å². The van der Waals surface area contributed by atoms with Crippen LogP contribution < -0.4 is 0 Å². The molecular weight excluding hydrogens is 562 g/mol. The Kier molecular flexibility index (Phi) is 6.06. The Bertz CT molecular complexity index is 2440. The molecule has 0 aliphatic rings. The molecule has 0 spiro atoms. The maximum atomic E-state index is 4.94. The van der Waals surface area contributed by atoms with E-state index >= 15 is 0 Å². The molecule has 9 aromatic rings. The van der Waals surface area contributed by atoms with E-state index in [4.69, 9.17) is 15.0 Å². The number of pyridine rings is 1. The highest BCUT2D eigenvalue weighted by molar-refractivity contribution is 6.21. The molecule has 5 nitrogen and oxygen atoms in total. The largest absolute Gasteiger partial charge is 0.314 e. The van der Waals surface area contributed by atoms with Crippen molar-refractivity contribution in [3.8, 4) is 51.1 Å². The second-order valence-electron chi connectivity index (χ2n) is 11.3. The fourth-order valence-corrected chi connectivity index (χ4v) is 6.52. The highest BCUT2D eigenvalue weighted by atomic mass is 15.0. The minimum Gasteiger partial charge on any atom is -0.314 e. The Morgan fingerprint density at radius 1 is 0.391 bits per heavy atom. The minimum absolute atomic E-state index is 0.640. The van der Waals surface area contributed by atoms with Crippen LogP contribution in [0.15, 0.2) is 164 Å². The van der Waals surface area contributed by atoms with Gasteiger partial charge in [0.25, 0.3) is 0 Å². The molecule has 0 amide bonds. The molecular formula is C41H27N5. The quantitative estimate of drug-likeness (QED) is 0.201. The van der Waals surface area contributed by atoms with E-state index in [1.807, 2.05) is 60.7 Å². The molecule has 0 saturated heterocycles. The van der Waals surface area contributed by atoms with Crippen molar-refractivity contribution in [3.05, 3.63) is 164 Å². The molecule has 0 saturated carbocycles. The summed E-state index contributed by atoms with van der Waals surface area (Å²) in [5.74, 6) is 1.95. The number of fused-ring (bicyclic) bond motifs is 5. The van der Waals surface area contributed by atoms with Crippen molar-refractivity contribution >= 4 is 27.3 Å². The summed E-state index contributed by atoms with van der Waals surface area (Å²) in [4.78, 5) is 14.7. The van der Waals surface area contributed by atoms with Crippen LogP contribution in [0.25, 0.3) is 78.4 Å². The standard InChI is InChI=1S/C41H27N5/c1-4-14-28(15-5-1)37-38-36(35-22-12-13-27-45(35)37)33-20-10-11-21-34(33)46(38)32-25-23-31(24-26-32)41-43-39(29-16-6-2-7-17-29)42-40(44-41)30-18-8-3-9-19-30/h1-27H. The monoisotopic (exact) mass is 589 g/mol. The van der Waals surface area contributed by atoms with E-state index in [1.54, 1.807) is 0 Å². The van der Waals surface area contributed by atoms with Gasteiger partial charge in [-0.3, -0.25) is 0 Å². The molecule has 5 heteroatoms. The molecule has 0 aliphatic heterocycles. The van der Waals surface area contributed by atoms with E-state index < -0.39 is 0 Å². The van der Waals surface area contributed by atoms with Crippen LogP contribution in [-0.4, -0.2) is 23.9 Å². The third kappa shape index (κ3) is 4.21. The predicted octanol–water partition coefficient (Wildman–Crippen LogP) is 9.89. The number of aromatic nitrogens is 5. The number of hydrogen-bond donors (Lipinski definition) is 0. The number of rotatable bonds is 5. The van der Waals surface area contributed by atoms with Crippen molar-refractivity contribution in [1.82, 2.24) is 23.9 Å². The van der Waals surface area contributed by atoms with Crippen molar-refractivity contribution in [2.24, 2.45) is 0 Å². The summed E-state index contributed by atoms with van der Waals surface area (Å²) in [6.07, 6.45) is 2.16. The second-order valence-corrected chi connectivity index (χ2v) is 11.3. The highest BCUT2D eigenvalue weighted by Gasteiger charge is 2.22. The topological polar surface area (TPSA) is 48.0 Å². The summed E-state index contributed by atoms with van der Waals surface area (Å²) in [5.41, 5.74) is 9.80. The summed E-state index contributed by atoms with van der Waals surface area (Å²) in [5, 5.41) is 2.47. The van der Waals surface area contributed by atoms with Crippen LogP contribution in [0.5, 0.6) is 0 Å². The van der Waals surface area contributed by atoms with Gasteiger partial charge in [0, 0.05) is 44.9 Å². The fraction of sp³-hybridized carbons (Fsp3) is 0. The van der Waals surface area contributed by atoms with Gasteiger partial charge >= 0.3 is 0 Å². The summed E-state index contributed by atoms with van der Waals surface area (Å²) in [7, 11) is 0. The molecule has 0 atom stereocenters. The van der Waals surface area contributed by atoms with Gasteiger partial charge in [-0.2, -0.15) is 0 Å². The summed E-state index contributed by atoms with van der Waals surface area (Å²) in [6, 6.07) is 54.5. The zero-order valence-electron chi connectivity index (χ0n) is 24.8. The van der Waals surface area contributed by atoms with Crippen LogP contribution in [0.1, 0.15) is 0 Å². The Balaban J connectivity index is 1.25. The van der Waals surface area contributed by atoms with E-state index in [2.05, 4.69) is 112 Å². The Hall–Kier alpha value is -6.33. The predicted molar refractivity (Wildman–Crippen MR) is 187 cm³/mol. The Morgan fingerprint density at radius 3 is 1.48 bits per heavy atom. The first-order valence-corrected chi connectivity index (χ1v) is 15.4. The molecule has 0 radical (unpaired) electrons. The molecule has 5 aromatic carbocycles. The van der Waals surface area contributed by atoms with Crippen molar-refractivity contribution in [2.45, 2.75) is 0 Å². The van der Waals surface area contributed by atoms with Crippen LogP contribution in [0.4, 0.5) is 0 Å². The van der Waals surface area contributed by atoms with Gasteiger partial charge in [-0.25, -0.2) is 15.0 Å². The Morgan fingerprint density at radius 2 is 0.870 bits per heavy atom. The third-order valence-corrected chi connectivity index (χ3v) is 8.59. The second kappa shape index (κ2) is 10.7. The zero-order valence-corrected chi connectivity index (χ0v) is 24.8. The first-order chi connectivity index (χ1) is 22.8. The van der Waals surface area contributed by atoms with Crippen molar-refractivity contribution < 1.29 is 0 Å². The average Bonchev–Trinajstić information content (AvgIpc) is 3.65. The average molecular weight is 590 g/mol. The maximum Gasteiger partial charge on any atom is 0.164 e. The first kappa shape index (κ1) is 26.1. The molecule has 0 N–H and O–H groups in total.